The number of rotatable bonds is 8. The highest BCUT2D eigenvalue weighted by Gasteiger charge is 2.05. The molecule has 1 atom stereocenters. The van der Waals surface area contributed by atoms with Crippen LogP contribution in [-0.2, 0) is 6.54 Å². The first-order valence-corrected chi connectivity index (χ1v) is 5.91. The van der Waals surface area contributed by atoms with Gasteiger partial charge in [-0.3, -0.25) is 5.10 Å². The number of aromatic amines is 1. The fraction of sp³-hybridized carbons (Fsp3) is 0.818. The van der Waals surface area contributed by atoms with Crippen molar-refractivity contribution in [3.05, 3.63) is 12.2 Å². The van der Waals surface area contributed by atoms with Crippen molar-refractivity contribution in [2.45, 2.75) is 46.1 Å². The van der Waals surface area contributed by atoms with E-state index in [-0.39, 0.29) is 0 Å². The summed E-state index contributed by atoms with van der Waals surface area (Å²) >= 11 is 0. The fourth-order valence-electron chi connectivity index (χ4n) is 1.65. The second kappa shape index (κ2) is 7.40. The molecule has 0 aromatic carbocycles. The predicted octanol–water partition coefficient (Wildman–Crippen LogP) is 2.11. The Balaban J connectivity index is 2.11. The lowest BCUT2D eigenvalue weighted by atomic mass is 9.99. The molecule has 0 spiro atoms. The monoisotopic (exact) mass is 210 g/mol. The molecule has 0 aliphatic rings. The quantitative estimate of drug-likeness (QED) is 0.691. The van der Waals surface area contributed by atoms with Gasteiger partial charge < -0.3 is 5.32 Å². The first kappa shape index (κ1) is 12.2. The Hall–Kier alpha value is -0.900. The molecule has 1 aromatic rings. The SMILES string of the molecule is CCCCC(CC)CNCc1ncn[nH]1. The van der Waals surface area contributed by atoms with Crippen molar-refractivity contribution < 1.29 is 0 Å². The van der Waals surface area contributed by atoms with Gasteiger partial charge in [0.15, 0.2) is 0 Å². The average Bonchev–Trinajstić information content (AvgIpc) is 2.76. The second-order valence-electron chi connectivity index (χ2n) is 3.98. The number of hydrogen-bond donors (Lipinski definition) is 2. The Bertz CT molecular complexity index is 233. The smallest absolute Gasteiger partial charge is 0.138 e. The van der Waals surface area contributed by atoms with Crippen molar-refractivity contribution in [1.82, 2.24) is 20.5 Å². The van der Waals surface area contributed by atoms with Gasteiger partial charge in [0, 0.05) is 0 Å². The van der Waals surface area contributed by atoms with Crippen LogP contribution in [0.2, 0.25) is 0 Å². The van der Waals surface area contributed by atoms with Gasteiger partial charge in [-0.1, -0.05) is 33.1 Å². The van der Waals surface area contributed by atoms with E-state index in [1.165, 1.54) is 25.7 Å². The van der Waals surface area contributed by atoms with E-state index in [1.54, 1.807) is 6.33 Å². The summed E-state index contributed by atoms with van der Waals surface area (Å²) in [5.74, 6) is 1.72. The molecular formula is C11H22N4. The maximum absolute atomic E-state index is 4.07. The highest BCUT2D eigenvalue weighted by molar-refractivity contribution is 4.78. The fourth-order valence-corrected chi connectivity index (χ4v) is 1.65. The topological polar surface area (TPSA) is 53.6 Å². The maximum atomic E-state index is 4.07. The lowest BCUT2D eigenvalue weighted by Crippen LogP contribution is -2.22. The molecule has 1 unspecified atom stereocenters. The zero-order chi connectivity index (χ0) is 10.9. The van der Waals surface area contributed by atoms with E-state index >= 15 is 0 Å². The minimum absolute atomic E-state index is 0.794. The van der Waals surface area contributed by atoms with Crippen LogP contribution in [0, 0.1) is 5.92 Å². The van der Waals surface area contributed by atoms with Crippen LogP contribution in [-0.4, -0.2) is 21.7 Å². The van der Waals surface area contributed by atoms with E-state index in [9.17, 15) is 0 Å². The summed E-state index contributed by atoms with van der Waals surface area (Å²) in [4.78, 5) is 4.07. The van der Waals surface area contributed by atoms with Gasteiger partial charge in [-0.25, -0.2) is 4.98 Å². The molecule has 1 aromatic heterocycles. The van der Waals surface area contributed by atoms with E-state index in [4.69, 9.17) is 0 Å². The van der Waals surface area contributed by atoms with Gasteiger partial charge in [0.05, 0.1) is 6.54 Å². The van der Waals surface area contributed by atoms with Crippen LogP contribution in [0.1, 0.15) is 45.4 Å². The molecule has 0 fully saturated rings. The van der Waals surface area contributed by atoms with Crippen molar-refractivity contribution in [3.63, 3.8) is 0 Å². The Labute approximate surface area is 91.9 Å². The zero-order valence-corrected chi connectivity index (χ0v) is 9.79. The van der Waals surface area contributed by atoms with Gasteiger partial charge in [-0.05, 0) is 18.9 Å². The van der Waals surface area contributed by atoms with Crippen LogP contribution in [0.4, 0.5) is 0 Å². The van der Waals surface area contributed by atoms with Crippen molar-refractivity contribution in [2.75, 3.05) is 6.54 Å². The third kappa shape index (κ3) is 4.93. The number of nitrogens with one attached hydrogen (secondary N) is 2. The number of hydrogen-bond acceptors (Lipinski definition) is 3. The van der Waals surface area contributed by atoms with Gasteiger partial charge in [0.1, 0.15) is 12.2 Å². The van der Waals surface area contributed by atoms with Gasteiger partial charge in [-0.2, -0.15) is 5.10 Å². The molecule has 1 rings (SSSR count). The zero-order valence-electron chi connectivity index (χ0n) is 9.79. The Morgan fingerprint density at radius 1 is 1.47 bits per heavy atom. The summed E-state index contributed by atoms with van der Waals surface area (Å²) in [7, 11) is 0. The lowest BCUT2D eigenvalue weighted by Gasteiger charge is -2.14. The normalized spacial score (nSPS) is 12.9. The maximum Gasteiger partial charge on any atom is 0.138 e. The van der Waals surface area contributed by atoms with Crippen LogP contribution in [0.5, 0.6) is 0 Å². The minimum atomic E-state index is 0.794. The Morgan fingerprint density at radius 3 is 2.93 bits per heavy atom. The summed E-state index contributed by atoms with van der Waals surface area (Å²) in [6.45, 7) is 6.38. The van der Waals surface area contributed by atoms with Crippen LogP contribution in [0.3, 0.4) is 0 Å². The molecule has 0 bridgehead atoms. The van der Waals surface area contributed by atoms with E-state index in [0.717, 1.165) is 24.8 Å². The third-order valence-electron chi connectivity index (χ3n) is 2.73. The molecule has 0 radical (unpaired) electrons. The summed E-state index contributed by atoms with van der Waals surface area (Å²) < 4.78 is 0. The van der Waals surface area contributed by atoms with Crippen molar-refractivity contribution in [3.8, 4) is 0 Å². The summed E-state index contributed by atoms with van der Waals surface area (Å²) in [6, 6.07) is 0. The summed E-state index contributed by atoms with van der Waals surface area (Å²) in [5, 5.41) is 10.1. The molecule has 86 valence electrons. The summed E-state index contributed by atoms with van der Waals surface area (Å²) in [6.07, 6.45) is 6.76. The van der Waals surface area contributed by atoms with E-state index in [0.29, 0.717) is 0 Å². The van der Waals surface area contributed by atoms with Gasteiger partial charge in [0.2, 0.25) is 0 Å². The molecule has 0 saturated heterocycles. The van der Waals surface area contributed by atoms with Gasteiger partial charge >= 0.3 is 0 Å². The molecular weight excluding hydrogens is 188 g/mol. The van der Waals surface area contributed by atoms with Crippen LogP contribution in [0.15, 0.2) is 6.33 Å². The van der Waals surface area contributed by atoms with Crippen LogP contribution in [0.25, 0.3) is 0 Å². The van der Waals surface area contributed by atoms with Gasteiger partial charge in [-0.15, -0.1) is 0 Å². The van der Waals surface area contributed by atoms with Crippen LogP contribution < -0.4 is 5.32 Å². The van der Waals surface area contributed by atoms with Crippen molar-refractivity contribution in [1.29, 1.82) is 0 Å². The summed E-state index contributed by atoms with van der Waals surface area (Å²) in [5.41, 5.74) is 0. The number of H-pyrrole nitrogens is 1. The predicted molar refractivity (Wildman–Crippen MR) is 61.4 cm³/mol. The molecule has 2 N–H and O–H groups in total. The van der Waals surface area contributed by atoms with E-state index < -0.39 is 0 Å². The number of nitrogens with zero attached hydrogens (tertiary/aromatic N) is 2. The number of aromatic nitrogens is 3. The highest BCUT2D eigenvalue weighted by atomic mass is 15.2. The minimum Gasteiger partial charge on any atom is -0.310 e. The largest absolute Gasteiger partial charge is 0.310 e. The van der Waals surface area contributed by atoms with Gasteiger partial charge in [0.25, 0.3) is 0 Å². The van der Waals surface area contributed by atoms with E-state index in [1.807, 2.05) is 0 Å². The molecule has 4 nitrogen and oxygen atoms in total. The first-order valence-electron chi connectivity index (χ1n) is 5.91. The highest BCUT2D eigenvalue weighted by Crippen LogP contribution is 2.11. The molecule has 0 aliphatic heterocycles. The standard InChI is InChI=1S/C11H22N4/c1-3-5-6-10(4-2)7-12-8-11-13-9-14-15-11/h9-10,12H,3-8H2,1-2H3,(H,13,14,15). The van der Waals surface area contributed by atoms with E-state index in [2.05, 4.69) is 34.3 Å². The van der Waals surface area contributed by atoms with Crippen molar-refractivity contribution in [2.24, 2.45) is 5.92 Å². The molecule has 0 aliphatic carbocycles. The number of unbranched alkanes of at least 4 members (excludes halogenated alkanes) is 1. The van der Waals surface area contributed by atoms with Crippen molar-refractivity contribution >= 4 is 0 Å². The Kier molecular flexibility index (Phi) is 6.00. The molecule has 1 heterocycles. The second-order valence-corrected chi connectivity index (χ2v) is 3.98. The molecule has 15 heavy (non-hydrogen) atoms. The molecule has 0 amide bonds. The molecule has 0 saturated carbocycles. The average molecular weight is 210 g/mol. The first-order chi connectivity index (χ1) is 7.36. The molecule has 4 heteroatoms. The van der Waals surface area contributed by atoms with Crippen LogP contribution >= 0.6 is 0 Å². The lowest BCUT2D eigenvalue weighted by molar-refractivity contribution is 0.417. The third-order valence-corrected chi connectivity index (χ3v) is 2.73. The Morgan fingerprint density at radius 2 is 2.33 bits per heavy atom.